The van der Waals surface area contributed by atoms with Crippen molar-refractivity contribution in [3.63, 3.8) is 0 Å². The van der Waals surface area contributed by atoms with Gasteiger partial charge < -0.3 is 9.15 Å². The van der Waals surface area contributed by atoms with E-state index in [1.54, 1.807) is 13.0 Å². The molecule has 0 radical (unpaired) electrons. The number of benzene rings is 1. The summed E-state index contributed by atoms with van der Waals surface area (Å²) in [6.07, 6.45) is 4.85. The minimum absolute atomic E-state index is 0.0311. The van der Waals surface area contributed by atoms with Crippen molar-refractivity contribution in [2.75, 3.05) is 6.61 Å². The van der Waals surface area contributed by atoms with Gasteiger partial charge in [0.2, 0.25) is 5.82 Å². The number of rotatable bonds is 4. The van der Waals surface area contributed by atoms with Gasteiger partial charge in [0, 0.05) is 10.9 Å². The molecule has 1 aromatic carbocycles. The van der Waals surface area contributed by atoms with Crippen LogP contribution in [0.1, 0.15) is 44.2 Å². The Bertz CT molecular complexity index is 748. The molecule has 0 N–H and O–H groups in total. The summed E-state index contributed by atoms with van der Waals surface area (Å²) < 4.78 is 25.0. The third kappa shape index (κ3) is 2.51. The molecule has 118 valence electrons. The largest absolute Gasteiger partial charge is 0.491 e. The Labute approximate surface area is 129 Å². The van der Waals surface area contributed by atoms with Gasteiger partial charge in [-0.15, -0.1) is 0 Å². The van der Waals surface area contributed by atoms with Gasteiger partial charge in [0.15, 0.2) is 11.3 Å². The number of fused-ring (bicyclic) bond motifs is 3. The second kappa shape index (κ2) is 6.11. The van der Waals surface area contributed by atoms with Gasteiger partial charge in [-0.05, 0) is 49.8 Å². The molecule has 0 bridgehead atoms. The normalized spacial score (nSPS) is 17.5. The van der Waals surface area contributed by atoms with E-state index in [-0.39, 0.29) is 11.3 Å². The molecule has 4 heteroatoms. The fraction of sp³-hybridized carbons (Fsp3) is 0.500. The lowest BCUT2D eigenvalue weighted by Crippen LogP contribution is -2.22. The molecule has 1 aromatic heterocycles. The van der Waals surface area contributed by atoms with Crippen LogP contribution in [0.3, 0.4) is 0 Å². The summed E-state index contributed by atoms with van der Waals surface area (Å²) >= 11 is 0. The topological polar surface area (TPSA) is 39.4 Å². The quantitative estimate of drug-likeness (QED) is 0.793. The van der Waals surface area contributed by atoms with Crippen LogP contribution in [-0.4, -0.2) is 6.61 Å². The van der Waals surface area contributed by atoms with Crippen LogP contribution in [0.5, 0.6) is 5.75 Å². The predicted octanol–water partition coefficient (Wildman–Crippen LogP) is 4.24. The summed E-state index contributed by atoms with van der Waals surface area (Å²) in [6, 6.07) is 3.44. The standard InChI is InChI=1S/C18H21FO3/c1-3-5-11-6-7-12-13-8-9-15(21-4-2)16(19)17(13)22-18(20)14(12)10-11/h8-9,11H,3-7,10H2,1-2H3. The Morgan fingerprint density at radius 2 is 2.14 bits per heavy atom. The van der Waals surface area contributed by atoms with Gasteiger partial charge in [0.1, 0.15) is 0 Å². The van der Waals surface area contributed by atoms with Crippen molar-refractivity contribution in [2.24, 2.45) is 5.92 Å². The van der Waals surface area contributed by atoms with E-state index in [1.807, 2.05) is 6.07 Å². The zero-order chi connectivity index (χ0) is 15.7. The zero-order valence-electron chi connectivity index (χ0n) is 13.1. The van der Waals surface area contributed by atoms with Gasteiger partial charge >= 0.3 is 5.63 Å². The molecule has 0 spiro atoms. The molecular formula is C18H21FO3. The Morgan fingerprint density at radius 3 is 2.86 bits per heavy atom. The van der Waals surface area contributed by atoms with E-state index in [0.29, 0.717) is 17.9 Å². The monoisotopic (exact) mass is 304 g/mol. The van der Waals surface area contributed by atoms with Crippen molar-refractivity contribution in [1.82, 2.24) is 0 Å². The average Bonchev–Trinajstić information content (AvgIpc) is 2.52. The maximum Gasteiger partial charge on any atom is 0.339 e. The van der Waals surface area contributed by atoms with Crippen LogP contribution in [-0.2, 0) is 12.8 Å². The molecular weight excluding hydrogens is 283 g/mol. The molecule has 1 unspecified atom stereocenters. The fourth-order valence-electron chi connectivity index (χ4n) is 3.47. The molecule has 2 aromatic rings. The summed E-state index contributed by atoms with van der Waals surface area (Å²) in [5, 5.41) is 0.713. The lowest BCUT2D eigenvalue weighted by molar-refractivity contribution is 0.320. The van der Waals surface area contributed by atoms with Crippen LogP contribution < -0.4 is 10.4 Å². The summed E-state index contributed by atoms with van der Waals surface area (Å²) in [7, 11) is 0. The highest BCUT2D eigenvalue weighted by Gasteiger charge is 2.25. The van der Waals surface area contributed by atoms with E-state index < -0.39 is 11.4 Å². The van der Waals surface area contributed by atoms with E-state index in [9.17, 15) is 9.18 Å². The SMILES string of the molecule is CCCC1CCc2c(c(=O)oc3c(F)c(OCC)ccc23)C1. The molecule has 1 aliphatic carbocycles. The Hall–Kier alpha value is -1.84. The fourth-order valence-corrected chi connectivity index (χ4v) is 3.47. The molecule has 0 amide bonds. The van der Waals surface area contributed by atoms with E-state index in [4.69, 9.17) is 9.15 Å². The van der Waals surface area contributed by atoms with Gasteiger partial charge in [0.05, 0.1) is 6.61 Å². The summed E-state index contributed by atoms with van der Waals surface area (Å²) in [5.41, 5.74) is 1.33. The first-order chi connectivity index (χ1) is 10.7. The van der Waals surface area contributed by atoms with Gasteiger partial charge in [-0.1, -0.05) is 19.8 Å². The van der Waals surface area contributed by atoms with E-state index in [0.717, 1.165) is 43.2 Å². The van der Waals surface area contributed by atoms with E-state index >= 15 is 0 Å². The third-order valence-corrected chi connectivity index (χ3v) is 4.48. The lowest BCUT2D eigenvalue weighted by atomic mass is 9.81. The van der Waals surface area contributed by atoms with Crippen molar-refractivity contribution < 1.29 is 13.5 Å². The molecule has 1 aliphatic rings. The van der Waals surface area contributed by atoms with Crippen LogP contribution in [0.15, 0.2) is 21.3 Å². The highest BCUT2D eigenvalue weighted by Crippen LogP contribution is 2.34. The summed E-state index contributed by atoms with van der Waals surface area (Å²) in [5.74, 6) is 0.0955. The van der Waals surface area contributed by atoms with Gasteiger partial charge in [-0.2, -0.15) is 4.39 Å². The van der Waals surface area contributed by atoms with Crippen LogP contribution in [0.2, 0.25) is 0 Å². The number of hydrogen-bond acceptors (Lipinski definition) is 3. The van der Waals surface area contributed by atoms with Crippen molar-refractivity contribution in [2.45, 2.75) is 46.0 Å². The first-order valence-electron chi connectivity index (χ1n) is 8.05. The maximum atomic E-state index is 14.4. The van der Waals surface area contributed by atoms with Gasteiger partial charge in [0.25, 0.3) is 0 Å². The molecule has 0 aliphatic heterocycles. The predicted molar refractivity (Wildman–Crippen MR) is 84.0 cm³/mol. The number of hydrogen-bond donors (Lipinski definition) is 0. The highest BCUT2D eigenvalue weighted by atomic mass is 19.1. The van der Waals surface area contributed by atoms with Crippen LogP contribution in [0.25, 0.3) is 11.0 Å². The summed E-state index contributed by atoms with van der Waals surface area (Å²) in [4.78, 5) is 12.3. The van der Waals surface area contributed by atoms with E-state index in [2.05, 4.69) is 6.92 Å². The molecule has 22 heavy (non-hydrogen) atoms. The highest BCUT2D eigenvalue weighted by molar-refractivity contribution is 5.83. The number of aryl methyl sites for hydroxylation is 1. The molecule has 0 saturated carbocycles. The van der Waals surface area contributed by atoms with E-state index in [1.165, 1.54) is 0 Å². The maximum absolute atomic E-state index is 14.4. The number of ether oxygens (including phenoxy) is 1. The van der Waals surface area contributed by atoms with Crippen molar-refractivity contribution in [1.29, 1.82) is 0 Å². The van der Waals surface area contributed by atoms with Crippen molar-refractivity contribution >= 4 is 11.0 Å². The molecule has 0 fully saturated rings. The minimum Gasteiger partial charge on any atom is -0.491 e. The van der Waals surface area contributed by atoms with Gasteiger partial charge in [-0.25, -0.2) is 4.79 Å². The second-order valence-electron chi connectivity index (χ2n) is 5.93. The lowest BCUT2D eigenvalue weighted by Gasteiger charge is -2.24. The van der Waals surface area contributed by atoms with Crippen LogP contribution in [0, 0.1) is 11.7 Å². The molecule has 3 nitrogen and oxygen atoms in total. The van der Waals surface area contributed by atoms with Gasteiger partial charge in [-0.3, -0.25) is 0 Å². The van der Waals surface area contributed by atoms with Crippen molar-refractivity contribution in [3.05, 3.63) is 39.5 Å². The first-order valence-corrected chi connectivity index (χ1v) is 8.05. The summed E-state index contributed by atoms with van der Waals surface area (Å²) in [6.45, 7) is 4.32. The second-order valence-corrected chi connectivity index (χ2v) is 5.93. The molecule has 1 atom stereocenters. The molecule has 0 saturated heterocycles. The Morgan fingerprint density at radius 1 is 1.32 bits per heavy atom. The molecule has 1 heterocycles. The minimum atomic E-state index is -0.574. The smallest absolute Gasteiger partial charge is 0.339 e. The third-order valence-electron chi connectivity index (χ3n) is 4.48. The van der Waals surface area contributed by atoms with Crippen LogP contribution >= 0.6 is 0 Å². The molecule has 3 rings (SSSR count). The average molecular weight is 304 g/mol. The Balaban J connectivity index is 2.13. The van der Waals surface area contributed by atoms with Crippen LogP contribution in [0.4, 0.5) is 4.39 Å². The first kappa shape index (κ1) is 15.1. The number of halogens is 1. The Kier molecular flexibility index (Phi) is 4.19. The van der Waals surface area contributed by atoms with Crippen molar-refractivity contribution in [3.8, 4) is 5.75 Å². The zero-order valence-corrected chi connectivity index (χ0v) is 13.1.